The van der Waals surface area contributed by atoms with Crippen molar-refractivity contribution in [3.05, 3.63) is 65.0 Å². The van der Waals surface area contributed by atoms with Crippen LogP contribution in [0.4, 0.5) is 0 Å². The number of nitrogens with zero attached hydrogens (tertiary/aromatic N) is 1. The molecule has 1 amide bonds. The van der Waals surface area contributed by atoms with E-state index in [9.17, 15) is 4.79 Å². The molecule has 0 aliphatic carbocycles. The number of nitrogens with one attached hydrogen (secondary N) is 2. The SMILES string of the molecule is Cc1ccc(-c2cc(C(=O)NCC3OCCc4ccccc43)n[nH]2)o1. The highest BCUT2D eigenvalue weighted by Crippen LogP contribution is 2.26. The van der Waals surface area contributed by atoms with Gasteiger partial charge in [-0.05, 0) is 36.6 Å². The van der Waals surface area contributed by atoms with Crippen molar-refractivity contribution in [3.8, 4) is 11.5 Å². The summed E-state index contributed by atoms with van der Waals surface area (Å²) in [6.07, 6.45) is 0.784. The Morgan fingerprint density at radius 3 is 3.04 bits per heavy atom. The van der Waals surface area contributed by atoms with Crippen LogP contribution in [0, 0.1) is 6.92 Å². The molecule has 0 spiro atoms. The van der Waals surface area contributed by atoms with Gasteiger partial charge < -0.3 is 14.5 Å². The molecule has 0 saturated heterocycles. The fourth-order valence-electron chi connectivity index (χ4n) is 3.07. The van der Waals surface area contributed by atoms with Gasteiger partial charge in [0.25, 0.3) is 5.91 Å². The molecule has 3 heterocycles. The zero-order valence-corrected chi connectivity index (χ0v) is 13.9. The summed E-state index contributed by atoms with van der Waals surface area (Å²) >= 11 is 0. The first-order valence-corrected chi connectivity index (χ1v) is 8.30. The molecular formula is C19H19N3O3. The first kappa shape index (κ1) is 15.7. The maximum atomic E-state index is 12.4. The highest BCUT2D eigenvalue weighted by molar-refractivity contribution is 5.93. The van der Waals surface area contributed by atoms with Crippen molar-refractivity contribution in [3.63, 3.8) is 0 Å². The third kappa shape index (κ3) is 3.21. The van der Waals surface area contributed by atoms with E-state index in [0.717, 1.165) is 17.7 Å². The standard InChI is InChI=1S/C19H19N3O3/c1-12-6-7-17(25-12)15-10-16(22-21-15)19(23)20-11-18-14-5-3-2-4-13(14)8-9-24-18/h2-7,10,18H,8-9,11H2,1H3,(H,20,23)(H,21,22). The summed E-state index contributed by atoms with van der Waals surface area (Å²) in [7, 11) is 0. The fourth-order valence-corrected chi connectivity index (χ4v) is 3.07. The molecule has 3 aromatic rings. The van der Waals surface area contributed by atoms with Gasteiger partial charge in [-0.15, -0.1) is 0 Å². The van der Waals surface area contributed by atoms with Crippen molar-refractivity contribution in [2.45, 2.75) is 19.4 Å². The van der Waals surface area contributed by atoms with Gasteiger partial charge in [0.05, 0.1) is 6.61 Å². The quantitative estimate of drug-likeness (QED) is 0.767. The van der Waals surface area contributed by atoms with Crippen molar-refractivity contribution in [1.82, 2.24) is 15.5 Å². The summed E-state index contributed by atoms with van der Waals surface area (Å²) in [6.45, 7) is 2.95. The molecule has 2 N–H and O–H groups in total. The Morgan fingerprint density at radius 1 is 1.32 bits per heavy atom. The van der Waals surface area contributed by atoms with Gasteiger partial charge in [-0.2, -0.15) is 5.10 Å². The largest absolute Gasteiger partial charge is 0.460 e. The zero-order valence-electron chi connectivity index (χ0n) is 13.9. The first-order valence-electron chi connectivity index (χ1n) is 8.30. The van der Waals surface area contributed by atoms with Crippen molar-refractivity contribution in [1.29, 1.82) is 0 Å². The summed E-state index contributed by atoms with van der Waals surface area (Å²) in [5.74, 6) is 1.23. The van der Waals surface area contributed by atoms with Gasteiger partial charge in [0.1, 0.15) is 17.6 Å². The van der Waals surface area contributed by atoms with Crippen LogP contribution >= 0.6 is 0 Å². The van der Waals surface area contributed by atoms with Crippen LogP contribution < -0.4 is 5.32 Å². The number of furan rings is 1. The molecular weight excluding hydrogens is 318 g/mol. The van der Waals surface area contributed by atoms with E-state index in [0.29, 0.717) is 30.3 Å². The number of ether oxygens (including phenoxy) is 1. The number of rotatable bonds is 4. The van der Waals surface area contributed by atoms with Gasteiger partial charge >= 0.3 is 0 Å². The molecule has 0 saturated carbocycles. The van der Waals surface area contributed by atoms with Crippen LogP contribution in [0.3, 0.4) is 0 Å². The smallest absolute Gasteiger partial charge is 0.271 e. The zero-order chi connectivity index (χ0) is 17.2. The van der Waals surface area contributed by atoms with E-state index in [1.54, 1.807) is 6.07 Å². The lowest BCUT2D eigenvalue weighted by Crippen LogP contribution is -2.32. The summed E-state index contributed by atoms with van der Waals surface area (Å²) in [5, 5.41) is 9.81. The lowest BCUT2D eigenvalue weighted by atomic mass is 9.97. The molecule has 1 aromatic carbocycles. The Bertz CT molecular complexity index is 897. The van der Waals surface area contributed by atoms with E-state index >= 15 is 0 Å². The molecule has 1 unspecified atom stereocenters. The number of hydrogen-bond acceptors (Lipinski definition) is 4. The number of hydrogen-bond donors (Lipinski definition) is 2. The van der Waals surface area contributed by atoms with Crippen LogP contribution in [-0.2, 0) is 11.2 Å². The number of fused-ring (bicyclic) bond motifs is 1. The maximum Gasteiger partial charge on any atom is 0.271 e. The van der Waals surface area contributed by atoms with E-state index in [2.05, 4.69) is 27.6 Å². The number of amides is 1. The van der Waals surface area contributed by atoms with Crippen LogP contribution in [0.1, 0.15) is 33.5 Å². The minimum atomic E-state index is -0.238. The Balaban J connectivity index is 1.43. The van der Waals surface area contributed by atoms with Crippen molar-refractivity contribution in [2.75, 3.05) is 13.2 Å². The molecule has 1 aliphatic rings. The highest BCUT2D eigenvalue weighted by atomic mass is 16.5. The minimum absolute atomic E-state index is 0.125. The number of carbonyl (C=O) groups excluding carboxylic acids is 1. The Labute approximate surface area is 145 Å². The number of aryl methyl sites for hydroxylation is 1. The molecule has 25 heavy (non-hydrogen) atoms. The number of benzene rings is 1. The fraction of sp³-hybridized carbons (Fsp3) is 0.263. The molecule has 128 valence electrons. The van der Waals surface area contributed by atoms with Crippen molar-refractivity contribution in [2.24, 2.45) is 0 Å². The monoisotopic (exact) mass is 337 g/mol. The summed E-state index contributed by atoms with van der Waals surface area (Å²) in [5.41, 5.74) is 3.43. The van der Waals surface area contributed by atoms with E-state index in [1.807, 2.05) is 31.2 Å². The van der Waals surface area contributed by atoms with Crippen molar-refractivity contribution < 1.29 is 13.9 Å². The van der Waals surface area contributed by atoms with E-state index in [4.69, 9.17) is 9.15 Å². The topological polar surface area (TPSA) is 80.1 Å². The summed E-state index contributed by atoms with van der Waals surface area (Å²) in [6, 6.07) is 13.6. The number of aromatic nitrogens is 2. The molecule has 4 rings (SSSR count). The predicted octanol–water partition coefficient (Wildman–Crippen LogP) is 3.02. The third-order valence-electron chi connectivity index (χ3n) is 4.36. The van der Waals surface area contributed by atoms with Crippen LogP contribution in [0.15, 0.2) is 46.9 Å². The molecule has 0 radical (unpaired) electrons. The van der Waals surface area contributed by atoms with Crippen LogP contribution in [-0.4, -0.2) is 29.3 Å². The molecule has 2 aromatic heterocycles. The van der Waals surface area contributed by atoms with Crippen LogP contribution in [0.5, 0.6) is 0 Å². The molecule has 1 atom stereocenters. The number of carbonyl (C=O) groups is 1. The lowest BCUT2D eigenvalue weighted by Gasteiger charge is -2.26. The molecule has 1 aliphatic heterocycles. The number of aromatic amines is 1. The first-order chi connectivity index (χ1) is 12.2. The second kappa shape index (κ2) is 6.57. The van der Waals surface area contributed by atoms with Crippen LogP contribution in [0.2, 0.25) is 0 Å². The second-order valence-electron chi connectivity index (χ2n) is 6.10. The van der Waals surface area contributed by atoms with Gasteiger partial charge in [-0.1, -0.05) is 24.3 Å². The minimum Gasteiger partial charge on any atom is -0.460 e. The van der Waals surface area contributed by atoms with Gasteiger partial charge in [0.15, 0.2) is 11.5 Å². The average molecular weight is 337 g/mol. The van der Waals surface area contributed by atoms with E-state index in [1.165, 1.54) is 5.56 Å². The third-order valence-corrected chi connectivity index (χ3v) is 4.36. The maximum absolute atomic E-state index is 12.4. The van der Waals surface area contributed by atoms with Crippen LogP contribution in [0.25, 0.3) is 11.5 Å². The van der Waals surface area contributed by atoms with Gasteiger partial charge in [-0.3, -0.25) is 9.89 Å². The lowest BCUT2D eigenvalue weighted by molar-refractivity contribution is 0.0411. The Kier molecular flexibility index (Phi) is 4.11. The van der Waals surface area contributed by atoms with E-state index < -0.39 is 0 Å². The number of H-pyrrole nitrogens is 1. The van der Waals surface area contributed by atoms with Gasteiger partial charge in [0.2, 0.25) is 0 Å². The molecule has 6 heteroatoms. The van der Waals surface area contributed by atoms with Crippen molar-refractivity contribution >= 4 is 5.91 Å². The normalized spacial score (nSPS) is 16.4. The summed E-state index contributed by atoms with van der Waals surface area (Å²) < 4.78 is 11.3. The molecule has 0 fully saturated rings. The Hall–Kier alpha value is -2.86. The second-order valence-corrected chi connectivity index (χ2v) is 6.10. The van der Waals surface area contributed by atoms with Gasteiger partial charge in [0, 0.05) is 12.6 Å². The summed E-state index contributed by atoms with van der Waals surface area (Å²) in [4.78, 5) is 12.4. The van der Waals surface area contributed by atoms with E-state index in [-0.39, 0.29) is 12.0 Å². The average Bonchev–Trinajstić information content (AvgIpc) is 3.28. The predicted molar refractivity (Wildman–Crippen MR) is 92.2 cm³/mol. The molecule has 6 nitrogen and oxygen atoms in total. The highest BCUT2D eigenvalue weighted by Gasteiger charge is 2.22. The molecule has 0 bridgehead atoms. The van der Waals surface area contributed by atoms with Gasteiger partial charge in [-0.25, -0.2) is 0 Å². The Morgan fingerprint density at radius 2 is 2.20 bits per heavy atom.